The molecule has 2 unspecified atom stereocenters. The van der Waals surface area contributed by atoms with Crippen LogP contribution in [0.4, 0.5) is 0 Å². The summed E-state index contributed by atoms with van der Waals surface area (Å²) in [7, 11) is 0. The summed E-state index contributed by atoms with van der Waals surface area (Å²) in [4.78, 5) is 0. The highest BCUT2D eigenvalue weighted by atomic mass is 14.6. The average molecular weight is 258 g/mol. The smallest absolute Gasteiger partial charge is 0.0626 e. The minimum Gasteiger partial charge on any atom is -0.0626 e. The van der Waals surface area contributed by atoms with Crippen LogP contribution >= 0.6 is 0 Å². The summed E-state index contributed by atoms with van der Waals surface area (Å²) in [5.41, 5.74) is 0.680. The second-order valence-electron chi connectivity index (χ2n) is 9.08. The highest BCUT2D eigenvalue weighted by Gasteiger charge is 2.59. The lowest BCUT2D eigenvalue weighted by Crippen LogP contribution is -2.57. The molecule has 2 aliphatic heterocycles. The molecule has 5 aliphatic rings. The first-order valence-electron chi connectivity index (χ1n) is 9.09. The molecule has 0 spiro atoms. The second kappa shape index (κ2) is 4.28. The van der Waals surface area contributed by atoms with Crippen molar-refractivity contribution in [2.75, 3.05) is 0 Å². The first-order valence-corrected chi connectivity index (χ1v) is 9.09. The maximum atomic E-state index is 2.62. The maximum absolute atomic E-state index is 2.62. The van der Waals surface area contributed by atoms with Crippen LogP contribution in [0.15, 0.2) is 0 Å². The summed E-state index contributed by atoms with van der Waals surface area (Å²) in [6, 6.07) is 0. The van der Waals surface area contributed by atoms with Gasteiger partial charge in [-0.3, -0.25) is 0 Å². The molecule has 2 heterocycles. The summed E-state index contributed by atoms with van der Waals surface area (Å²) in [6.45, 7) is 8.87. The highest BCUT2D eigenvalue weighted by molar-refractivity contribution is 6.64. The SMILES string of the molecule is C[C@@H]1C2CC(C[C@H]1B1C3CCCC1CCC3)C2(C)C. The van der Waals surface area contributed by atoms with Crippen LogP contribution in [-0.4, -0.2) is 6.71 Å². The van der Waals surface area contributed by atoms with E-state index in [9.17, 15) is 0 Å². The first-order chi connectivity index (χ1) is 9.09. The Kier molecular flexibility index (Phi) is 2.88. The summed E-state index contributed by atoms with van der Waals surface area (Å²) in [5.74, 6) is 6.50. The topological polar surface area (TPSA) is 0 Å². The Morgan fingerprint density at radius 2 is 1.47 bits per heavy atom. The minimum absolute atomic E-state index is 0.680. The predicted molar refractivity (Wildman–Crippen MR) is 83.9 cm³/mol. The van der Waals surface area contributed by atoms with Gasteiger partial charge in [0.15, 0.2) is 0 Å². The third kappa shape index (κ3) is 1.72. The van der Waals surface area contributed by atoms with Crippen molar-refractivity contribution < 1.29 is 0 Å². The molecule has 4 bridgehead atoms. The lowest BCUT2D eigenvalue weighted by molar-refractivity contribution is -0.0998. The molecular weight excluding hydrogens is 227 g/mol. The van der Waals surface area contributed by atoms with Crippen molar-refractivity contribution >= 4 is 6.71 Å². The number of hydrogen-bond acceptors (Lipinski definition) is 0. The molecule has 0 nitrogen and oxygen atoms in total. The quantitative estimate of drug-likeness (QED) is 0.532. The van der Waals surface area contributed by atoms with Crippen molar-refractivity contribution in [2.45, 2.75) is 89.6 Å². The summed E-state index contributed by atoms with van der Waals surface area (Å²) >= 11 is 0. The van der Waals surface area contributed by atoms with Gasteiger partial charge in [-0.15, -0.1) is 0 Å². The Morgan fingerprint density at radius 3 is 1.95 bits per heavy atom. The van der Waals surface area contributed by atoms with Crippen molar-refractivity contribution in [3.05, 3.63) is 0 Å². The van der Waals surface area contributed by atoms with Crippen LogP contribution in [0.1, 0.15) is 72.1 Å². The van der Waals surface area contributed by atoms with Crippen molar-refractivity contribution in [3.8, 4) is 0 Å². The summed E-state index contributed by atoms with van der Waals surface area (Å²) in [6.07, 6.45) is 12.5. The van der Waals surface area contributed by atoms with Gasteiger partial charge in [0, 0.05) is 0 Å². The van der Waals surface area contributed by atoms with Crippen LogP contribution in [0.3, 0.4) is 0 Å². The molecule has 3 saturated carbocycles. The lowest BCUT2D eigenvalue weighted by Gasteiger charge is -2.64. The Morgan fingerprint density at radius 1 is 0.895 bits per heavy atom. The monoisotopic (exact) mass is 258 g/mol. The van der Waals surface area contributed by atoms with Crippen LogP contribution in [0.2, 0.25) is 17.5 Å². The Hall–Kier alpha value is 0.0649. The van der Waals surface area contributed by atoms with Gasteiger partial charge in [0.05, 0.1) is 0 Å². The third-order valence-corrected chi connectivity index (χ3v) is 8.30. The van der Waals surface area contributed by atoms with E-state index in [0.717, 1.165) is 41.9 Å². The first kappa shape index (κ1) is 12.8. The molecule has 0 radical (unpaired) electrons. The van der Waals surface area contributed by atoms with Crippen LogP contribution in [0.5, 0.6) is 0 Å². The van der Waals surface area contributed by atoms with Gasteiger partial charge in [0.25, 0.3) is 0 Å². The van der Waals surface area contributed by atoms with Gasteiger partial charge in [-0.05, 0) is 29.6 Å². The van der Waals surface area contributed by atoms with E-state index in [-0.39, 0.29) is 0 Å². The zero-order chi connectivity index (χ0) is 13.2. The number of fused-ring (bicyclic) bond motifs is 5. The molecule has 0 aromatic carbocycles. The molecule has 5 rings (SSSR count). The third-order valence-electron chi connectivity index (χ3n) is 8.30. The minimum atomic E-state index is 0.680. The zero-order valence-electron chi connectivity index (χ0n) is 13.2. The standard InChI is InChI=1S/C18H31B/c1-12-16-10-13(18(16,2)3)11-17(12)19-14-6-4-7-15(19)9-5-8-14/h12-17H,4-11H2,1-3H3/t12-,13?,14?,15?,16?,17-/m1/s1. The van der Waals surface area contributed by atoms with Gasteiger partial charge in [-0.25, -0.2) is 0 Å². The predicted octanol–water partition coefficient (Wildman–Crippen LogP) is 5.66. The summed E-state index contributed by atoms with van der Waals surface area (Å²) in [5, 5.41) is 0. The molecule has 0 aromatic heterocycles. The van der Waals surface area contributed by atoms with E-state index < -0.39 is 0 Å². The molecule has 1 heteroatoms. The van der Waals surface area contributed by atoms with Gasteiger partial charge < -0.3 is 0 Å². The molecule has 5 fully saturated rings. The fourth-order valence-corrected chi connectivity index (χ4v) is 7.12. The molecular formula is C18H31B. The van der Waals surface area contributed by atoms with Crippen LogP contribution in [-0.2, 0) is 0 Å². The zero-order valence-corrected chi connectivity index (χ0v) is 13.2. The average Bonchev–Trinajstić information content (AvgIpc) is 2.37. The van der Waals surface area contributed by atoms with E-state index in [0.29, 0.717) is 5.41 Å². The Bertz CT molecular complexity index is 339. The van der Waals surface area contributed by atoms with Gasteiger partial charge in [0.1, 0.15) is 6.71 Å². The molecule has 4 atom stereocenters. The maximum Gasteiger partial charge on any atom is 0.149 e. The van der Waals surface area contributed by atoms with Crippen molar-refractivity contribution in [3.63, 3.8) is 0 Å². The Labute approximate surface area is 120 Å². The second-order valence-corrected chi connectivity index (χ2v) is 9.08. The molecule has 2 saturated heterocycles. The largest absolute Gasteiger partial charge is 0.149 e. The molecule has 0 amide bonds. The number of hydrogen-bond donors (Lipinski definition) is 0. The lowest BCUT2D eigenvalue weighted by atomic mass is 9.18. The highest BCUT2D eigenvalue weighted by Crippen LogP contribution is 2.67. The molecule has 19 heavy (non-hydrogen) atoms. The van der Waals surface area contributed by atoms with Gasteiger partial charge in [-0.2, -0.15) is 0 Å². The molecule has 106 valence electrons. The fraction of sp³-hybridized carbons (Fsp3) is 1.00. The van der Waals surface area contributed by atoms with Gasteiger partial charge in [-0.1, -0.05) is 83.2 Å². The van der Waals surface area contributed by atoms with Crippen LogP contribution < -0.4 is 0 Å². The van der Waals surface area contributed by atoms with Gasteiger partial charge >= 0.3 is 0 Å². The van der Waals surface area contributed by atoms with Crippen LogP contribution in [0.25, 0.3) is 0 Å². The fourth-order valence-electron chi connectivity index (χ4n) is 7.12. The van der Waals surface area contributed by atoms with E-state index in [1.807, 2.05) is 0 Å². The van der Waals surface area contributed by atoms with Crippen molar-refractivity contribution in [1.82, 2.24) is 0 Å². The van der Waals surface area contributed by atoms with E-state index in [1.165, 1.54) is 0 Å². The number of rotatable bonds is 1. The molecule has 0 N–H and O–H groups in total. The van der Waals surface area contributed by atoms with E-state index in [4.69, 9.17) is 0 Å². The van der Waals surface area contributed by atoms with E-state index in [2.05, 4.69) is 20.8 Å². The van der Waals surface area contributed by atoms with E-state index >= 15 is 0 Å². The van der Waals surface area contributed by atoms with Crippen LogP contribution in [0, 0.1) is 23.2 Å². The van der Waals surface area contributed by atoms with E-state index in [1.54, 1.807) is 51.4 Å². The van der Waals surface area contributed by atoms with Gasteiger partial charge in [0.2, 0.25) is 0 Å². The molecule has 0 aromatic rings. The van der Waals surface area contributed by atoms with Crippen molar-refractivity contribution in [1.29, 1.82) is 0 Å². The molecule has 3 aliphatic carbocycles. The summed E-state index contributed by atoms with van der Waals surface area (Å²) < 4.78 is 0. The van der Waals surface area contributed by atoms with Crippen molar-refractivity contribution in [2.24, 2.45) is 23.2 Å². The normalized spacial score (nSPS) is 51.6. The Balaban J connectivity index is 1.57.